The van der Waals surface area contributed by atoms with Crippen molar-refractivity contribution in [2.45, 2.75) is 40.5 Å². The van der Waals surface area contributed by atoms with Crippen LogP contribution in [0.1, 0.15) is 39.0 Å². The molecule has 1 aromatic heterocycles. The van der Waals surface area contributed by atoms with Gasteiger partial charge in [-0.1, -0.05) is 25.5 Å². The van der Waals surface area contributed by atoms with Gasteiger partial charge in [-0.2, -0.15) is 0 Å². The fourth-order valence-corrected chi connectivity index (χ4v) is 3.12. The minimum atomic E-state index is 0.243. The Labute approximate surface area is 114 Å². The van der Waals surface area contributed by atoms with Crippen LogP contribution in [0.5, 0.6) is 0 Å². The summed E-state index contributed by atoms with van der Waals surface area (Å²) in [6.07, 6.45) is 4.14. The van der Waals surface area contributed by atoms with Gasteiger partial charge >= 0.3 is 0 Å². The van der Waals surface area contributed by atoms with Crippen molar-refractivity contribution in [2.75, 3.05) is 6.61 Å². The molecule has 0 aromatic carbocycles. The Hall–Kier alpha value is -1.16. The largest absolute Gasteiger partial charge is 0.426 e. The zero-order valence-corrected chi connectivity index (χ0v) is 12.3. The lowest BCUT2D eigenvalue weighted by molar-refractivity contribution is 0.147. The van der Waals surface area contributed by atoms with Gasteiger partial charge in [-0.15, -0.1) is 10.2 Å². The number of rotatable bonds is 4. The number of hydrogen-bond donors (Lipinski definition) is 1. The Morgan fingerprint density at radius 1 is 1.37 bits per heavy atom. The van der Waals surface area contributed by atoms with E-state index in [0.29, 0.717) is 29.6 Å². The molecule has 0 fully saturated rings. The molecule has 0 spiro atoms. The van der Waals surface area contributed by atoms with Crippen molar-refractivity contribution in [1.82, 2.24) is 10.2 Å². The third-order valence-electron chi connectivity index (χ3n) is 4.28. The van der Waals surface area contributed by atoms with E-state index in [1.807, 2.05) is 6.92 Å². The molecule has 1 aliphatic carbocycles. The van der Waals surface area contributed by atoms with Gasteiger partial charge in [0, 0.05) is 25.9 Å². The second-order valence-corrected chi connectivity index (χ2v) is 6.02. The summed E-state index contributed by atoms with van der Waals surface area (Å²) in [5, 5.41) is 17.5. The molecule has 4 heteroatoms. The van der Waals surface area contributed by atoms with E-state index in [2.05, 4.69) is 37.0 Å². The maximum atomic E-state index is 9.52. The maximum absolute atomic E-state index is 9.52. The Morgan fingerprint density at radius 2 is 2.11 bits per heavy atom. The van der Waals surface area contributed by atoms with Crippen molar-refractivity contribution in [3.05, 3.63) is 23.4 Å². The SMILES string of the molecule is CC1=C[C@@H](CO)[C@H](C(C)C)C[C@@H]1Cc1nnc(C)o1. The third-order valence-corrected chi connectivity index (χ3v) is 4.28. The molecule has 1 aliphatic rings. The summed E-state index contributed by atoms with van der Waals surface area (Å²) in [5.74, 6) is 3.20. The quantitative estimate of drug-likeness (QED) is 0.849. The minimum Gasteiger partial charge on any atom is -0.426 e. The summed E-state index contributed by atoms with van der Waals surface area (Å²) >= 11 is 0. The summed E-state index contributed by atoms with van der Waals surface area (Å²) in [4.78, 5) is 0. The predicted octanol–water partition coefficient (Wildman–Crippen LogP) is 2.77. The van der Waals surface area contributed by atoms with Gasteiger partial charge in [0.2, 0.25) is 11.8 Å². The number of aromatic nitrogens is 2. The second-order valence-electron chi connectivity index (χ2n) is 6.02. The van der Waals surface area contributed by atoms with E-state index in [9.17, 15) is 5.11 Å². The Morgan fingerprint density at radius 3 is 2.63 bits per heavy atom. The molecule has 0 bridgehead atoms. The Kier molecular flexibility index (Phi) is 4.40. The summed E-state index contributed by atoms with van der Waals surface area (Å²) in [6.45, 7) is 8.67. The first-order chi connectivity index (χ1) is 9.01. The molecule has 19 heavy (non-hydrogen) atoms. The van der Waals surface area contributed by atoms with E-state index in [4.69, 9.17) is 4.42 Å². The topological polar surface area (TPSA) is 59.2 Å². The van der Waals surface area contributed by atoms with Crippen molar-refractivity contribution >= 4 is 0 Å². The molecule has 106 valence electrons. The molecule has 0 aliphatic heterocycles. The third kappa shape index (κ3) is 3.24. The van der Waals surface area contributed by atoms with Crippen LogP contribution < -0.4 is 0 Å². The van der Waals surface area contributed by atoms with Crippen LogP contribution in [0, 0.1) is 30.6 Å². The van der Waals surface area contributed by atoms with Crippen molar-refractivity contribution in [3.8, 4) is 0 Å². The van der Waals surface area contributed by atoms with Gasteiger partial charge in [0.1, 0.15) is 0 Å². The molecular weight excluding hydrogens is 240 g/mol. The van der Waals surface area contributed by atoms with Crippen molar-refractivity contribution in [3.63, 3.8) is 0 Å². The van der Waals surface area contributed by atoms with E-state index in [-0.39, 0.29) is 6.61 Å². The number of aliphatic hydroxyl groups is 1. The number of hydrogen-bond acceptors (Lipinski definition) is 4. The lowest BCUT2D eigenvalue weighted by Crippen LogP contribution is -2.30. The van der Waals surface area contributed by atoms with Gasteiger partial charge < -0.3 is 9.52 Å². The summed E-state index contributed by atoms with van der Waals surface area (Å²) in [7, 11) is 0. The van der Waals surface area contributed by atoms with Crippen LogP contribution in [0.4, 0.5) is 0 Å². The molecule has 1 heterocycles. The van der Waals surface area contributed by atoms with Gasteiger partial charge in [0.15, 0.2) is 0 Å². The average molecular weight is 264 g/mol. The molecule has 4 nitrogen and oxygen atoms in total. The van der Waals surface area contributed by atoms with Crippen LogP contribution in [-0.4, -0.2) is 21.9 Å². The van der Waals surface area contributed by atoms with Crippen molar-refractivity contribution in [1.29, 1.82) is 0 Å². The standard InChI is InChI=1S/C15H24N2O2/c1-9(2)14-6-12(10(3)5-13(14)8-18)7-15-17-16-11(4)19-15/h5,9,12-14,18H,6-8H2,1-4H3/t12-,13+,14+/m1/s1. The van der Waals surface area contributed by atoms with Gasteiger partial charge in [-0.25, -0.2) is 0 Å². The van der Waals surface area contributed by atoms with Gasteiger partial charge in [-0.3, -0.25) is 0 Å². The van der Waals surface area contributed by atoms with Gasteiger partial charge in [0.25, 0.3) is 0 Å². The van der Waals surface area contributed by atoms with Crippen molar-refractivity contribution < 1.29 is 9.52 Å². The highest BCUT2D eigenvalue weighted by Crippen LogP contribution is 2.38. The van der Waals surface area contributed by atoms with E-state index in [1.165, 1.54) is 5.57 Å². The molecule has 0 unspecified atom stereocenters. The predicted molar refractivity (Wildman–Crippen MR) is 73.5 cm³/mol. The van der Waals surface area contributed by atoms with Gasteiger partial charge in [0.05, 0.1) is 0 Å². The summed E-state index contributed by atoms with van der Waals surface area (Å²) in [6, 6.07) is 0. The fraction of sp³-hybridized carbons (Fsp3) is 0.733. The normalized spacial score (nSPS) is 27.7. The van der Waals surface area contributed by atoms with Gasteiger partial charge in [-0.05, 0) is 31.1 Å². The first-order valence-electron chi connectivity index (χ1n) is 7.09. The minimum absolute atomic E-state index is 0.243. The lowest BCUT2D eigenvalue weighted by atomic mass is 9.70. The second kappa shape index (κ2) is 5.87. The molecule has 0 saturated carbocycles. The molecule has 1 N–H and O–H groups in total. The molecule has 2 rings (SSSR count). The summed E-state index contributed by atoms with van der Waals surface area (Å²) in [5.41, 5.74) is 1.34. The van der Waals surface area contributed by atoms with E-state index >= 15 is 0 Å². The summed E-state index contributed by atoms with van der Waals surface area (Å²) < 4.78 is 5.48. The number of nitrogens with zero attached hydrogens (tertiary/aromatic N) is 2. The van der Waals surface area contributed by atoms with E-state index in [0.717, 1.165) is 18.7 Å². The first-order valence-corrected chi connectivity index (χ1v) is 7.09. The Bertz CT molecular complexity index is 451. The van der Waals surface area contributed by atoms with Crippen molar-refractivity contribution in [2.24, 2.45) is 23.7 Å². The van der Waals surface area contributed by atoms with E-state index < -0.39 is 0 Å². The molecule has 0 radical (unpaired) electrons. The maximum Gasteiger partial charge on any atom is 0.217 e. The highest BCUT2D eigenvalue weighted by atomic mass is 16.4. The molecule has 3 atom stereocenters. The highest BCUT2D eigenvalue weighted by molar-refractivity contribution is 5.13. The van der Waals surface area contributed by atoms with Crippen LogP contribution in [-0.2, 0) is 6.42 Å². The van der Waals surface area contributed by atoms with E-state index in [1.54, 1.807) is 0 Å². The number of aryl methyl sites for hydroxylation is 1. The molecule has 1 aromatic rings. The van der Waals surface area contributed by atoms with Crippen LogP contribution in [0.3, 0.4) is 0 Å². The van der Waals surface area contributed by atoms with Crippen LogP contribution in [0.2, 0.25) is 0 Å². The van der Waals surface area contributed by atoms with Crippen LogP contribution in [0.25, 0.3) is 0 Å². The number of allylic oxidation sites excluding steroid dienone is 1. The molecule has 0 saturated heterocycles. The van der Waals surface area contributed by atoms with Crippen LogP contribution >= 0.6 is 0 Å². The van der Waals surface area contributed by atoms with Crippen LogP contribution in [0.15, 0.2) is 16.1 Å². The number of aliphatic hydroxyl groups excluding tert-OH is 1. The smallest absolute Gasteiger partial charge is 0.217 e. The molecule has 0 amide bonds. The average Bonchev–Trinajstić information content (AvgIpc) is 2.76. The molecular formula is C15H24N2O2. The zero-order valence-electron chi connectivity index (χ0n) is 12.3. The highest BCUT2D eigenvalue weighted by Gasteiger charge is 2.31. The fourth-order valence-electron chi connectivity index (χ4n) is 3.12. The monoisotopic (exact) mass is 264 g/mol. The lowest BCUT2D eigenvalue weighted by Gasteiger charge is -2.36. The first kappa shape index (κ1) is 14.3. The Balaban J connectivity index is 2.13. The zero-order chi connectivity index (χ0) is 14.0.